The molecule has 4 nitrogen and oxygen atoms in total. The predicted molar refractivity (Wildman–Crippen MR) is 122 cm³/mol. The highest BCUT2D eigenvalue weighted by Crippen LogP contribution is 2.34. The molecule has 0 unspecified atom stereocenters. The molecule has 0 amide bonds. The molecule has 0 saturated heterocycles. The first-order chi connectivity index (χ1) is 14.6. The second-order valence-electron chi connectivity index (χ2n) is 9.24. The summed E-state index contributed by atoms with van der Waals surface area (Å²) in [6.07, 6.45) is 2.64. The Balaban J connectivity index is 2.06. The van der Waals surface area contributed by atoms with Gasteiger partial charge in [0.1, 0.15) is 17.5 Å². The third-order valence-corrected chi connectivity index (χ3v) is 5.28. The first-order valence-electron chi connectivity index (χ1n) is 10.7. The highest BCUT2D eigenvalue weighted by molar-refractivity contribution is 5.59. The Kier molecular flexibility index (Phi) is 7.23. The summed E-state index contributed by atoms with van der Waals surface area (Å²) in [4.78, 5) is 4.81. The molecule has 3 aromatic rings. The molecular formula is C25H32F2N4. The fourth-order valence-electron chi connectivity index (χ4n) is 3.63. The van der Waals surface area contributed by atoms with Crippen LogP contribution in [0.3, 0.4) is 0 Å². The van der Waals surface area contributed by atoms with Gasteiger partial charge in [0.05, 0.1) is 11.7 Å². The second kappa shape index (κ2) is 9.71. The van der Waals surface area contributed by atoms with Gasteiger partial charge in [-0.1, -0.05) is 51.1 Å². The molecule has 1 aromatic heterocycles. The molecule has 6 heteroatoms. The average Bonchev–Trinajstić information content (AvgIpc) is 3.09. The molecule has 0 fully saturated rings. The minimum atomic E-state index is -0.491. The Hall–Kier alpha value is -2.57. The van der Waals surface area contributed by atoms with E-state index in [1.165, 1.54) is 6.07 Å². The number of nitrogens with two attached hydrogens (primary N) is 1. The number of nitrogens with one attached hydrogen (secondary N) is 1. The number of nitrogens with zero attached hydrogens (tertiary/aromatic N) is 2. The molecule has 3 rings (SSSR count). The molecule has 3 N–H and O–H groups in total. The number of hydrogen-bond acceptors (Lipinski definition) is 3. The topological polar surface area (TPSA) is 55.9 Å². The van der Waals surface area contributed by atoms with E-state index in [0.29, 0.717) is 12.2 Å². The van der Waals surface area contributed by atoms with Crippen molar-refractivity contribution in [2.75, 3.05) is 6.54 Å². The second-order valence-corrected chi connectivity index (χ2v) is 9.24. The van der Waals surface area contributed by atoms with Gasteiger partial charge in [-0.25, -0.2) is 13.8 Å². The van der Waals surface area contributed by atoms with Crippen molar-refractivity contribution in [1.29, 1.82) is 0 Å². The van der Waals surface area contributed by atoms with Crippen LogP contribution < -0.4 is 11.1 Å². The zero-order valence-corrected chi connectivity index (χ0v) is 18.7. The first-order valence-corrected chi connectivity index (χ1v) is 10.7. The average molecular weight is 427 g/mol. The van der Waals surface area contributed by atoms with Gasteiger partial charge >= 0.3 is 0 Å². The van der Waals surface area contributed by atoms with Gasteiger partial charge < -0.3 is 15.6 Å². The largest absolute Gasteiger partial charge is 0.329 e. The van der Waals surface area contributed by atoms with Crippen molar-refractivity contribution < 1.29 is 8.78 Å². The van der Waals surface area contributed by atoms with Gasteiger partial charge in [-0.05, 0) is 49.1 Å². The number of hydrogen-bond donors (Lipinski definition) is 2. The van der Waals surface area contributed by atoms with Crippen LogP contribution >= 0.6 is 0 Å². The lowest BCUT2D eigenvalue weighted by Gasteiger charge is -2.32. The molecule has 0 radical (unpaired) electrons. The van der Waals surface area contributed by atoms with Gasteiger partial charge in [0.25, 0.3) is 0 Å². The number of aromatic nitrogens is 2. The standard InChI is InChI=1S/C25H32F2N4/c1-17(28)12-13-29-23(25(2,3)4)24-30-22(20-14-19(26)10-11-21(20)27)16-31(24)15-18-8-6-5-7-9-18/h5-11,14,16-17,23,29H,12-13,15,28H2,1-4H3/t17-,23-/m0/s1. The Morgan fingerprint density at radius 2 is 1.81 bits per heavy atom. The summed E-state index contributed by atoms with van der Waals surface area (Å²) in [6, 6.07) is 13.5. The van der Waals surface area contributed by atoms with E-state index in [1.54, 1.807) is 0 Å². The summed E-state index contributed by atoms with van der Waals surface area (Å²) in [5, 5.41) is 3.59. The maximum absolute atomic E-state index is 14.5. The molecule has 0 aliphatic heterocycles. The van der Waals surface area contributed by atoms with Crippen molar-refractivity contribution in [3.63, 3.8) is 0 Å². The maximum Gasteiger partial charge on any atom is 0.132 e. The molecule has 2 atom stereocenters. The maximum atomic E-state index is 14.5. The van der Waals surface area contributed by atoms with Gasteiger partial charge in [0, 0.05) is 24.3 Å². The summed E-state index contributed by atoms with van der Waals surface area (Å²) in [5.41, 5.74) is 7.47. The quantitative estimate of drug-likeness (QED) is 0.515. The van der Waals surface area contributed by atoms with Crippen molar-refractivity contribution in [3.8, 4) is 11.3 Å². The van der Waals surface area contributed by atoms with Gasteiger partial charge in [-0.15, -0.1) is 0 Å². The molecule has 0 aliphatic rings. The third kappa shape index (κ3) is 5.99. The fraction of sp³-hybridized carbons (Fsp3) is 0.400. The van der Waals surface area contributed by atoms with E-state index in [0.717, 1.165) is 36.5 Å². The molecule has 1 heterocycles. The highest BCUT2D eigenvalue weighted by atomic mass is 19.1. The molecule has 2 aromatic carbocycles. The lowest BCUT2D eigenvalue weighted by molar-refractivity contribution is 0.254. The van der Waals surface area contributed by atoms with Gasteiger partial charge in [-0.2, -0.15) is 0 Å². The van der Waals surface area contributed by atoms with Crippen LogP contribution in [0, 0.1) is 17.0 Å². The van der Waals surface area contributed by atoms with Crippen LogP contribution in [0.1, 0.15) is 51.5 Å². The highest BCUT2D eigenvalue weighted by Gasteiger charge is 2.31. The molecule has 0 bridgehead atoms. The van der Waals surface area contributed by atoms with Crippen LogP contribution in [0.25, 0.3) is 11.3 Å². The Bertz CT molecular complexity index is 991. The summed E-state index contributed by atoms with van der Waals surface area (Å²) in [7, 11) is 0. The minimum absolute atomic E-state index is 0.0918. The van der Waals surface area contributed by atoms with Crippen molar-refractivity contribution in [3.05, 3.63) is 77.8 Å². The fourth-order valence-corrected chi connectivity index (χ4v) is 3.63. The lowest BCUT2D eigenvalue weighted by atomic mass is 9.86. The number of imidazole rings is 1. The Labute approximate surface area is 183 Å². The predicted octanol–water partition coefficient (Wildman–Crippen LogP) is 5.29. The van der Waals surface area contributed by atoms with E-state index < -0.39 is 11.6 Å². The van der Waals surface area contributed by atoms with E-state index >= 15 is 0 Å². The lowest BCUT2D eigenvalue weighted by Crippen LogP contribution is -2.36. The summed E-state index contributed by atoms with van der Waals surface area (Å²) < 4.78 is 30.4. The third-order valence-electron chi connectivity index (χ3n) is 5.28. The van der Waals surface area contributed by atoms with Crippen LogP contribution in [0.4, 0.5) is 8.78 Å². The number of benzene rings is 2. The first kappa shape index (κ1) is 23.1. The number of halogens is 2. The van der Waals surface area contributed by atoms with Crippen LogP contribution in [0.5, 0.6) is 0 Å². The monoisotopic (exact) mass is 426 g/mol. The van der Waals surface area contributed by atoms with Gasteiger partial charge in [0.2, 0.25) is 0 Å². The van der Waals surface area contributed by atoms with Crippen molar-refractivity contribution >= 4 is 0 Å². The normalized spacial score (nSPS) is 13.9. The Morgan fingerprint density at radius 3 is 2.45 bits per heavy atom. The minimum Gasteiger partial charge on any atom is -0.329 e. The smallest absolute Gasteiger partial charge is 0.132 e. The molecule has 31 heavy (non-hydrogen) atoms. The zero-order valence-electron chi connectivity index (χ0n) is 18.7. The van der Waals surface area contributed by atoms with Crippen LogP contribution in [-0.4, -0.2) is 22.1 Å². The zero-order chi connectivity index (χ0) is 22.6. The van der Waals surface area contributed by atoms with E-state index in [4.69, 9.17) is 10.7 Å². The van der Waals surface area contributed by atoms with Gasteiger partial charge in [-0.3, -0.25) is 0 Å². The van der Waals surface area contributed by atoms with Crippen molar-refractivity contribution in [2.45, 2.75) is 52.7 Å². The van der Waals surface area contributed by atoms with Crippen LogP contribution in [0.2, 0.25) is 0 Å². The molecule has 0 aliphatic carbocycles. The molecular weight excluding hydrogens is 394 g/mol. The van der Waals surface area contributed by atoms with Gasteiger partial charge in [0.15, 0.2) is 0 Å². The van der Waals surface area contributed by atoms with Crippen LogP contribution in [0.15, 0.2) is 54.7 Å². The van der Waals surface area contributed by atoms with E-state index in [-0.39, 0.29) is 23.1 Å². The van der Waals surface area contributed by atoms with Crippen LogP contribution in [-0.2, 0) is 6.54 Å². The summed E-state index contributed by atoms with van der Waals surface area (Å²) in [5.74, 6) is -0.188. The van der Waals surface area contributed by atoms with Crippen molar-refractivity contribution in [1.82, 2.24) is 14.9 Å². The van der Waals surface area contributed by atoms with E-state index in [9.17, 15) is 8.78 Å². The SMILES string of the molecule is C[C@H](N)CCN[C@@H](c1nc(-c2cc(F)ccc2F)cn1Cc1ccccc1)C(C)(C)C. The van der Waals surface area contributed by atoms with E-state index in [1.807, 2.05) is 48.0 Å². The summed E-state index contributed by atoms with van der Waals surface area (Å²) >= 11 is 0. The number of rotatable bonds is 8. The molecule has 166 valence electrons. The van der Waals surface area contributed by atoms with E-state index in [2.05, 4.69) is 26.1 Å². The molecule has 0 saturated carbocycles. The summed E-state index contributed by atoms with van der Waals surface area (Å²) in [6.45, 7) is 9.72. The van der Waals surface area contributed by atoms with Crippen molar-refractivity contribution in [2.24, 2.45) is 11.1 Å². The Morgan fingerprint density at radius 1 is 1.10 bits per heavy atom. The molecule has 0 spiro atoms.